The normalized spacial score (nSPS) is 12.4. The Bertz CT molecular complexity index is 658. The van der Waals surface area contributed by atoms with Gasteiger partial charge in [0.15, 0.2) is 0 Å². The topological polar surface area (TPSA) is 40.8 Å². The number of nitriles is 1. The first kappa shape index (κ1) is 14.8. The van der Waals surface area contributed by atoms with Crippen molar-refractivity contribution in [1.82, 2.24) is 9.88 Å². The van der Waals surface area contributed by atoms with E-state index in [0.717, 1.165) is 17.9 Å². The second kappa shape index (κ2) is 5.82. The molecular weight excluding hydrogens is 266 g/mol. The van der Waals surface area contributed by atoms with Crippen molar-refractivity contribution < 1.29 is 0 Å². The molecule has 0 bridgehead atoms. The molecule has 3 nitrogen and oxygen atoms in total. The summed E-state index contributed by atoms with van der Waals surface area (Å²) in [7, 11) is 1.94. The van der Waals surface area contributed by atoms with E-state index < -0.39 is 0 Å². The van der Waals surface area contributed by atoms with Crippen LogP contribution in [0.25, 0.3) is 0 Å². The summed E-state index contributed by atoms with van der Waals surface area (Å²) in [5.41, 5.74) is 4.44. The molecule has 0 radical (unpaired) electrons. The number of aromatic nitrogens is 1. The SMILES string of the molecule is Cc1cc(C(C)NCc2cc(C#N)n(C)c2C)c(C)s1. The molecule has 0 fully saturated rings. The van der Waals surface area contributed by atoms with E-state index >= 15 is 0 Å². The van der Waals surface area contributed by atoms with E-state index in [9.17, 15) is 0 Å². The summed E-state index contributed by atoms with van der Waals surface area (Å²) in [6, 6.07) is 6.78. The number of rotatable bonds is 4. The van der Waals surface area contributed by atoms with Crippen LogP contribution in [-0.2, 0) is 13.6 Å². The quantitative estimate of drug-likeness (QED) is 0.930. The molecule has 2 aromatic rings. The zero-order chi connectivity index (χ0) is 14.9. The van der Waals surface area contributed by atoms with Crippen LogP contribution in [0.4, 0.5) is 0 Å². The van der Waals surface area contributed by atoms with Crippen LogP contribution < -0.4 is 5.32 Å². The van der Waals surface area contributed by atoms with Gasteiger partial charge in [-0.2, -0.15) is 5.26 Å². The highest BCUT2D eigenvalue weighted by atomic mass is 32.1. The van der Waals surface area contributed by atoms with Crippen LogP contribution in [0.1, 0.15) is 45.2 Å². The standard InChI is InChI=1S/C16H21N3S/c1-10-6-16(13(4)20-10)11(2)18-9-14-7-15(8-17)19(5)12(14)3/h6-7,11,18H,9H2,1-5H3. The van der Waals surface area contributed by atoms with E-state index in [0.29, 0.717) is 6.04 Å². The lowest BCUT2D eigenvalue weighted by atomic mass is 10.1. The molecule has 0 amide bonds. The van der Waals surface area contributed by atoms with Crippen molar-refractivity contribution in [2.75, 3.05) is 0 Å². The minimum atomic E-state index is 0.324. The second-order valence-electron chi connectivity index (χ2n) is 5.28. The predicted octanol–water partition coefficient (Wildman–Crippen LogP) is 3.73. The molecule has 0 aromatic carbocycles. The summed E-state index contributed by atoms with van der Waals surface area (Å²) in [6.45, 7) is 9.36. The minimum Gasteiger partial charge on any atom is -0.340 e. The van der Waals surface area contributed by atoms with Crippen LogP contribution in [0.2, 0.25) is 0 Å². The largest absolute Gasteiger partial charge is 0.340 e. The maximum atomic E-state index is 9.06. The molecule has 0 spiro atoms. The number of nitrogens with zero attached hydrogens (tertiary/aromatic N) is 2. The van der Waals surface area contributed by atoms with Crippen molar-refractivity contribution in [2.45, 2.75) is 40.3 Å². The Balaban J connectivity index is 2.09. The van der Waals surface area contributed by atoms with Gasteiger partial charge in [0.05, 0.1) is 0 Å². The number of hydrogen-bond acceptors (Lipinski definition) is 3. The molecule has 2 rings (SSSR count). The van der Waals surface area contributed by atoms with Crippen molar-refractivity contribution in [3.8, 4) is 6.07 Å². The van der Waals surface area contributed by atoms with Crippen molar-refractivity contribution in [2.24, 2.45) is 7.05 Å². The van der Waals surface area contributed by atoms with Gasteiger partial charge in [-0.15, -0.1) is 11.3 Å². The zero-order valence-electron chi connectivity index (χ0n) is 12.7. The molecule has 0 aliphatic rings. The third-order valence-corrected chi connectivity index (χ3v) is 4.88. The van der Waals surface area contributed by atoms with Gasteiger partial charge in [-0.1, -0.05) is 0 Å². The maximum Gasteiger partial charge on any atom is 0.120 e. The molecule has 20 heavy (non-hydrogen) atoms. The fourth-order valence-corrected chi connectivity index (χ4v) is 3.52. The maximum absolute atomic E-state index is 9.06. The van der Waals surface area contributed by atoms with Gasteiger partial charge in [0.25, 0.3) is 0 Å². The number of aryl methyl sites for hydroxylation is 2. The lowest BCUT2D eigenvalue weighted by Crippen LogP contribution is -2.18. The molecule has 1 N–H and O–H groups in total. The zero-order valence-corrected chi connectivity index (χ0v) is 13.6. The molecule has 2 heterocycles. The first-order chi connectivity index (χ1) is 9.43. The molecular formula is C16H21N3S. The Kier molecular flexibility index (Phi) is 4.32. The van der Waals surface area contributed by atoms with E-state index in [1.807, 2.05) is 29.0 Å². The molecule has 2 aromatic heterocycles. The highest BCUT2D eigenvalue weighted by molar-refractivity contribution is 7.12. The molecule has 106 valence electrons. The molecule has 0 saturated heterocycles. The van der Waals surface area contributed by atoms with E-state index in [1.165, 1.54) is 20.9 Å². The van der Waals surface area contributed by atoms with E-state index in [-0.39, 0.29) is 0 Å². The number of thiophene rings is 1. The summed E-state index contributed by atoms with van der Waals surface area (Å²) in [4.78, 5) is 2.74. The fourth-order valence-electron chi connectivity index (χ4n) is 2.50. The van der Waals surface area contributed by atoms with Gasteiger partial charge >= 0.3 is 0 Å². The van der Waals surface area contributed by atoms with Gasteiger partial charge in [0.1, 0.15) is 11.8 Å². The molecule has 0 aliphatic carbocycles. The van der Waals surface area contributed by atoms with Gasteiger partial charge in [-0.3, -0.25) is 0 Å². The Morgan fingerprint density at radius 1 is 1.35 bits per heavy atom. The summed E-state index contributed by atoms with van der Waals surface area (Å²) in [5.74, 6) is 0. The first-order valence-electron chi connectivity index (χ1n) is 6.79. The van der Waals surface area contributed by atoms with Crippen molar-refractivity contribution in [3.63, 3.8) is 0 Å². The summed E-state index contributed by atoms with van der Waals surface area (Å²) in [5, 5.41) is 12.6. The Morgan fingerprint density at radius 2 is 2.05 bits per heavy atom. The molecule has 0 saturated carbocycles. The third kappa shape index (κ3) is 2.79. The molecule has 0 aliphatic heterocycles. The number of hydrogen-bond donors (Lipinski definition) is 1. The second-order valence-corrected chi connectivity index (χ2v) is 6.74. The molecule has 4 heteroatoms. The van der Waals surface area contributed by atoms with E-state index in [4.69, 9.17) is 5.26 Å². The highest BCUT2D eigenvalue weighted by Crippen LogP contribution is 2.26. The number of nitrogens with one attached hydrogen (secondary N) is 1. The lowest BCUT2D eigenvalue weighted by molar-refractivity contribution is 0.572. The van der Waals surface area contributed by atoms with Crippen LogP contribution in [0.3, 0.4) is 0 Å². The van der Waals surface area contributed by atoms with Crippen LogP contribution in [0.5, 0.6) is 0 Å². The van der Waals surface area contributed by atoms with Crippen LogP contribution in [0.15, 0.2) is 12.1 Å². The molecule has 1 unspecified atom stereocenters. The van der Waals surface area contributed by atoms with Gasteiger partial charge in [-0.25, -0.2) is 0 Å². The van der Waals surface area contributed by atoms with Gasteiger partial charge in [0, 0.05) is 35.1 Å². The third-order valence-electron chi connectivity index (χ3n) is 3.90. The van der Waals surface area contributed by atoms with E-state index in [2.05, 4.69) is 45.1 Å². The van der Waals surface area contributed by atoms with E-state index in [1.54, 1.807) is 0 Å². The van der Waals surface area contributed by atoms with Crippen molar-refractivity contribution in [1.29, 1.82) is 5.26 Å². The lowest BCUT2D eigenvalue weighted by Gasteiger charge is -2.14. The minimum absolute atomic E-state index is 0.324. The van der Waals surface area contributed by atoms with Gasteiger partial charge in [0.2, 0.25) is 0 Å². The molecule has 1 atom stereocenters. The summed E-state index contributed by atoms with van der Waals surface area (Å²) >= 11 is 1.85. The Labute approximate surface area is 124 Å². The fraction of sp³-hybridized carbons (Fsp3) is 0.438. The smallest absolute Gasteiger partial charge is 0.120 e. The Morgan fingerprint density at radius 3 is 2.55 bits per heavy atom. The highest BCUT2D eigenvalue weighted by Gasteiger charge is 2.13. The van der Waals surface area contributed by atoms with Crippen LogP contribution >= 0.6 is 11.3 Å². The average Bonchev–Trinajstić information content (AvgIpc) is 2.88. The monoisotopic (exact) mass is 287 g/mol. The van der Waals surface area contributed by atoms with Gasteiger partial charge < -0.3 is 9.88 Å². The summed E-state index contributed by atoms with van der Waals surface area (Å²) in [6.07, 6.45) is 0. The summed E-state index contributed by atoms with van der Waals surface area (Å²) < 4.78 is 1.95. The van der Waals surface area contributed by atoms with Crippen LogP contribution in [-0.4, -0.2) is 4.57 Å². The van der Waals surface area contributed by atoms with Crippen molar-refractivity contribution in [3.05, 3.63) is 44.4 Å². The van der Waals surface area contributed by atoms with Crippen molar-refractivity contribution >= 4 is 11.3 Å². The Hall–Kier alpha value is -1.57. The predicted molar refractivity (Wildman–Crippen MR) is 83.9 cm³/mol. The average molecular weight is 287 g/mol. The van der Waals surface area contributed by atoms with Crippen LogP contribution in [0, 0.1) is 32.1 Å². The first-order valence-corrected chi connectivity index (χ1v) is 7.61. The van der Waals surface area contributed by atoms with Gasteiger partial charge in [-0.05, 0) is 51.0 Å².